The summed E-state index contributed by atoms with van der Waals surface area (Å²) in [7, 11) is -3.88. The highest BCUT2D eigenvalue weighted by Crippen LogP contribution is 2.43. The Morgan fingerprint density at radius 2 is 1.71 bits per heavy atom. The van der Waals surface area contributed by atoms with Gasteiger partial charge in [-0.3, -0.25) is 4.57 Å². The largest absolute Gasteiger partial charge is 0.508 e. The van der Waals surface area contributed by atoms with Crippen LogP contribution < -0.4 is 5.30 Å². The maximum atomic E-state index is 12.4. The minimum atomic E-state index is -3.88. The first kappa shape index (κ1) is 15.8. The molecule has 0 aliphatic carbocycles. The zero-order valence-electron chi connectivity index (χ0n) is 12.3. The first-order chi connectivity index (χ1) is 9.79. The van der Waals surface area contributed by atoms with Crippen molar-refractivity contribution in [1.82, 2.24) is 0 Å². The van der Waals surface area contributed by atoms with Gasteiger partial charge in [0.15, 0.2) is 0 Å². The molecular formula is C16H19O4P. The summed E-state index contributed by atoms with van der Waals surface area (Å²) in [6.07, 6.45) is 0. The third kappa shape index (κ3) is 3.73. The average Bonchev–Trinajstić information content (AvgIpc) is 2.43. The van der Waals surface area contributed by atoms with Crippen LogP contribution in [0, 0.1) is 20.8 Å². The number of hydrogen-bond acceptors (Lipinski definition) is 3. The lowest BCUT2D eigenvalue weighted by Gasteiger charge is -2.15. The van der Waals surface area contributed by atoms with Crippen LogP contribution in [0.4, 0.5) is 0 Å². The number of benzene rings is 2. The lowest BCUT2D eigenvalue weighted by atomic mass is 10.1. The van der Waals surface area contributed by atoms with E-state index in [0.29, 0.717) is 10.9 Å². The molecule has 4 nitrogen and oxygen atoms in total. The second-order valence-corrected chi connectivity index (χ2v) is 6.99. The smallest absolute Gasteiger partial charge is 0.359 e. The van der Waals surface area contributed by atoms with E-state index in [1.165, 1.54) is 0 Å². The predicted molar refractivity (Wildman–Crippen MR) is 83.0 cm³/mol. The van der Waals surface area contributed by atoms with Crippen LogP contribution in [0.15, 0.2) is 36.4 Å². The van der Waals surface area contributed by atoms with Gasteiger partial charge in [-0.25, -0.2) is 0 Å². The molecule has 2 aromatic rings. The number of aryl methyl sites for hydroxylation is 3. The lowest BCUT2D eigenvalue weighted by Crippen LogP contribution is -2.11. The number of phenols is 1. The fourth-order valence-electron chi connectivity index (χ4n) is 2.00. The Morgan fingerprint density at radius 3 is 2.38 bits per heavy atom. The highest BCUT2D eigenvalue weighted by molar-refractivity contribution is 7.61. The van der Waals surface area contributed by atoms with Gasteiger partial charge < -0.3 is 14.5 Å². The van der Waals surface area contributed by atoms with Crippen LogP contribution in [-0.2, 0) is 15.7 Å². The molecule has 0 radical (unpaired) electrons. The zero-order valence-corrected chi connectivity index (χ0v) is 13.2. The average molecular weight is 306 g/mol. The number of rotatable bonds is 4. The molecule has 0 heterocycles. The van der Waals surface area contributed by atoms with Gasteiger partial charge in [-0.05, 0) is 49.6 Å². The van der Waals surface area contributed by atoms with Crippen LogP contribution >= 0.6 is 7.60 Å². The molecule has 2 aromatic carbocycles. The third-order valence-corrected chi connectivity index (χ3v) is 4.92. The summed E-state index contributed by atoms with van der Waals surface area (Å²) < 4.78 is 17.6. The van der Waals surface area contributed by atoms with Gasteiger partial charge in [-0.1, -0.05) is 29.8 Å². The first-order valence-electron chi connectivity index (χ1n) is 6.63. The Balaban J connectivity index is 2.19. The minimum Gasteiger partial charge on any atom is -0.508 e. The van der Waals surface area contributed by atoms with Crippen molar-refractivity contribution in [2.24, 2.45) is 0 Å². The van der Waals surface area contributed by atoms with Crippen LogP contribution in [0.1, 0.15) is 22.3 Å². The van der Waals surface area contributed by atoms with E-state index in [2.05, 4.69) is 0 Å². The minimum absolute atomic E-state index is 0.0327. The Kier molecular flexibility index (Phi) is 4.52. The molecule has 0 amide bonds. The summed E-state index contributed by atoms with van der Waals surface area (Å²) in [5.74, 6) is 0.149. The molecule has 0 aliphatic rings. The monoisotopic (exact) mass is 306 g/mol. The second kappa shape index (κ2) is 6.02. The highest BCUT2D eigenvalue weighted by Gasteiger charge is 2.25. The van der Waals surface area contributed by atoms with Crippen LogP contribution in [0.25, 0.3) is 0 Å². The van der Waals surface area contributed by atoms with E-state index < -0.39 is 7.60 Å². The van der Waals surface area contributed by atoms with E-state index in [4.69, 9.17) is 4.52 Å². The van der Waals surface area contributed by atoms with Crippen LogP contribution in [-0.4, -0.2) is 10.00 Å². The fraction of sp³-hybridized carbons (Fsp3) is 0.250. The summed E-state index contributed by atoms with van der Waals surface area (Å²) in [6.45, 7) is 5.39. The molecule has 5 heteroatoms. The van der Waals surface area contributed by atoms with Crippen LogP contribution in [0.3, 0.4) is 0 Å². The van der Waals surface area contributed by atoms with Crippen molar-refractivity contribution < 1.29 is 19.1 Å². The summed E-state index contributed by atoms with van der Waals surface area (Å²) in [6, 6.07) is 10.4. The molecule has 0 bridgehead atoms. The van der Waals surface area contributed by atoms with Crippen molar-refractivity contribution in [2.75, 3.05) is 0 Å². The van der Waals surface area contributed by atoms with Crippen LogP contribution in [0.5, 0.6) is 5.75 Å². The molecular weight excluding hydrogens is 287 g/mol. The van der Waals surface area contributed by atoms with Gasteiger partial charge in [0.25, 0.3) is 0 Å². The standard InChI is InChI=1S/C16H19O4P/c1-11-4-5-13(3)16(8-11)21(18,19)20-10-14-7-6-12(2)15(17)9-14/h4-9,17H,10H2,1-3H3,(H,18,19). The Labute approximate surface area is 124 Å². The van der Waals surface area contributed by atoms with E-state index >= 15 is 0 Å². The van der Waals surface area contributed by atoms with E-state index in [0.717, 1.165) is 16.7 Å². The van der Waals surface area contributed by atoms with Gasteiger partial charge in [0, 0.05) is 0 Å². The van der Waals surface area contributed by atoms with Crippen molar-refractivity contribution in [1.29, 1.82) is 0 Å². The molecule has 2 N–H and O–H groups in total. The van der Waals surface area contributed by atoms with Crippen molar-refractivity contribution in [3.05, 3.63) is 58.7 Å². The third-order valence-electron chi connectivity index (χ3n) is 3.35. The Hall–Kier alpha value is -1.61. The molecule has 0 saturated carbocycles. The van der Waals surface area contributed by atoms with Gasteiger partial charge in [0.2, 0.25) is 0 Å². The molecule has 0 aliphatic heterocycles. The SMILES string of the molecule is Cc1ccc(C)c(P(=O)(O)OCc2ccc(C)c(O)c2)c1. The van der Waals surface area contributed by atoms with E-state index in [1.807, 2.05) is 13.0 Å². The van der Waals surface area contributed by atoms with Gasteiger partial charge in [0.1, 0.15) is 5.75 Å². The highest BCUT2D eigenvalue weighted by atomic mass is 31.2. The van der Waals surface area contributed by atoms with Gasteiger partial charge in [0.05, 0.1) is 11.9 Å². The van der Waals surface area contributed by atoms with Crippen molar-refractivity contribution >= 4 is 12.9 Å². The molecule has 0 fully saturated rings. The van der Waals surface area contributed by atoms with E-state index in [1.54, 1.807) is 44.2 Å². The maximum absolute atomic E-state index is 12.4. The van der Waals surface area contributed by atoms with Gasteiger partial charge in [-0.15, -0.1) is 0 Å². The summed E-state index contributed by atoms with van der Waals surface area (Å²) in [5, 5.41) is 9.96. The predicted octanol–water partition coefficient (Wildman–Crippen LogP) is 3.34. The van der Waals surface area contributed by atoms with Gasteiger partial charge >= 0.3 is 7.60 Å². The Morgan fingerprint density at radius 1 is 1.05 bits per heavy atom. The van der Waals surface area contributed by atoms with E-state index in [9.17, 15) is 14.6 Å². The molecule has 21 heavy (non-hydrogen) atoms. The van der Waals surface area contributed by atoms with Crippen molar-refractivity contribution in [2.45, 2.75) is 27.4 Å². The molecule has 2 rings (SSSR count). The topological polar surface area (TPSA) is 66.8 Å². The molecule has 0 aromatic heterocycles. The number of phenolic OH excluding ortho intramolecular Hbond substituents is 1. The fourth-order valence-corrected chi connectivity index (χ4v) is 3.35. The molecule has 1 atom stereocenters. The number of aromatic hydroxyl groups is 1. The lowest BCUT2D eigenvalue weighted by molar-refractivity contribution is 0.259. The summed E-state index contributed by atoms with van der Waals surface area (Å²) in [4.78, 5) is 10.1. The molecule has 0 saturated heterocycles. The maximum Gasteiger partial charge on any atom is 0.359 e. The quantitative estimate of drug-likeness (QED) is 0.850. The van der Waals surface area contributed by atoms with Gasteiger partial charge in [-0.2, -0.15) is 0 Å². The summed E-state index contributed by atoms with van der Waals surface area (Å²) in [5.41, 5.74) is 3.03. The normalized spacial score (nSPS) is 13.9. The van der Waals surface area contributed by atoms with Crippen molar-refractivity contribution in [3.8, 4) is 5.75 Å². The zero-order chi connectivity index (χ0) is 15.6. The first-order valence-corrected chi connectivity index (χ1v) is 8.21. The molecule has 0 spiro atoms. The number of hydrogen-bond donors (Lipinski definition) is 2. The molecule has 1 unspecified atom stereocenters. The van der Waals surface area contributed by atoms with E-state index in [-0.39, 0.29) is 12.4 Å². The molecule has 112 valence electrons. The Bertz CT molecular complexity index is 709. The van der Waals surface area contributed by atoms with Crippen molar-refractivity contribution in [3.63, 3.8) is 0 Å². The second-order valence-electron chi connectivity index (χ2n) is 5.20. The summed E-state index contributed by atoms with van der Waals surface area (Å²) >= 11 is 0. The van der Waals surface area contributed by atoms with Crippen LogP contribution in [0.2, 0.25) is 0 Å².